The summed E-state index contributed by atoms with van der Waals surface area (Å²) in [4.78, 5) is 104. The van der Waals surface area contributed by atoms with E-state index in [1.807, 2.05) is 7.05 Å². The summed E-state index contributed by atoms with van der Waals surface area (Å²) in [5.41, 5.74) is 4.36. The number of nitrogens with one attached hydrogen (secondary N) is 4. The van der Waals surface area contributed by atoms with Crippen molar-refractivity contribution in [2.45, 2.75) is 63.5 Å². The van der Waals surface area contributed by atoms with Gasteiger partial charge in [-0.15, -0.1) is 0 Å². The molecule has 18 nitrogen and oxygen atoms in total. The molecule has 1 unspecified atom stereocenters. The molecule has 0 aromatic heterocycles. The van der Waals surface area contributed by atoms with Gasteiger partial charge in [0.15, 0.2) is 0 Å². The topological polar surface area (TPSA) is 250 Å². The van der Waals surface area contributed by atoms with Crippen molar-refractivity contribution in [3.63, 3.8) is 0 Å². The molecule has 1 saturated heterocycles. The minimum Gasteiger partial charge on any atom is -0.450 e. The van der Waals surface area contributed by atoms with Crippen molar-refractivity contribution < 1.29 is 48.2 Å². The largest absolute Gasteiger partial charge is 0.506 e. The number of carboxylic acid groups (broad SMARTS) is 1. The van der Waals surface area contributed by atoms with Crippen LogP contribution in [0.15, 0.2) is 36.4 Å². The van der Waals surface area contributed by atoms with Gasteiger partial charge in [0, 0.05) is 69.2 Å². The molecule has 2 heterocycles. The molecule has 0 radical (unpaired) electrons. The molecule has 1 saturated carbocycles. The van der Waals surface area contributed by atoms with Crippen LogP contribution < -0.4 is 27.0 Å². The number of hydrogen-bond donors (Lipinski definition) is 6. The number of primary amides is 1. The second-order valence-corrected chi connectivity index (χ2v) is 13.4. The number of hydrogen-bond acceptors (Lipinski definition) is 10. The highest BCUT2D eigenvalue weighted by Gasteiger charge is 2.51. The fourth-order valence-corrected chi connectivity index (χ4v) is 6.29. The van der Waals surface area contributed by atoms with Crippen LogP contribution in [0.4, 0.5) is 15.3 Å². The maximum atomic E-state index is 13.6. The maximum absolute atomic E-state index is 13.6. The van der Waals surface area contributed by atoms with E-state index >= 15 is 0 Å². The predicted octanol–water partition coefficient (Wildman–Crippen LogP) is 0.450. The van der Waals surface area contributed by atoms with Crippen LogP contribution >= 0.6 is 0 Å². The van der Waals surface area contributed by atoms with Gasteiger partial charge in [-0.3, -0.25) is 33.7 Å². The molecule has 18 heteroatoms. The van der Waals surface area contributed by atoms with Gasteiger partial charge in [-0.05, 0) is 64.1 Å². The van der Waals surface area contributed by atoms with E-state index in [9.17, 15) is 43.5 Å². The summed E-state index contributed by atoms with van der Waals surface area (Å²) < 4.78 is 4.97. The number of rotatable bonds is 18. The molecule has 3 aliphatic rings. The van der Waals surface area contributed by atoms with E-state index in [0.29, 0.717) is 70.4 Å². The summed E-state index contributed by atoms with van der Waals surface area (Å²) in [5, 5.41) is 20.0. The van der Waals surface area contributed by atoms with Crippen molar-refractivity contribution in [3.8, 4) is 0 Å². The zero-order chi connectivity index (χ0) is 38.5. The Labute approximate surface area is 306 Å². The second-order valence-electron chi connectivity index (χ2n) is 13.4. The van der Waals surface area contributed by atoms with E-state index in [-0.39, 0.29) is 49.9 Å². The van der Waals surface area contributed by atoms with Crippen LogP contribution in [-0.4, -0.2) is 126 Å². The van der Waals surface area contributed by atoms with E-state index in [4.69, 9.17) is 10.5 Å². The highest BCUT2D eigenvalue weighted by Crippen LogP contribution is 2.41. The lowest BCUT2D eigenvalue weighted by Gasteiger charge is -2.39. The first kappa shape index (κ1) is 40.3. The Morgan fingerprint density at radius 2 is 1.51 bits per heavy atom. The third-order valence-electron chi connectivity index (χ3n) is 9.65. The number of carbonyl (C=O) groups excluding carboxylic acids is 7. The van der Waals surface area contributed by atoms with Gasteiger partial charge in [0.2, 0.25) is 23.8 Å². The van der Waals surface area contributed by atoms with Gasteiger partial charge in [0.05, 0.1) is 0 Å². The van der Waals surface area contributed by atoms with Crippen LogP contribution in [0.1, 0.15) is 63.0 Å². The van der Waals surface area contributed by atoms with Crippen LogP contribution in [0.5, 0.6) is 0 Å². The van der Waals surface area contributed by atoms with Crippen molar-refractivity contribution in [3.05, 3.63) is 42.0 Å². The molecule has 288 valence electrons. The van der Waals surface area contributed by atoms with E-state index < -0.39 is 53.4 Å². The van der Waals surface area contributed by atoms with Gasteiger partial charge >= 0.3 is 12.2 Å². The number of piperazine rings is 1. The Morgan fingerprint density at radius 3 is 2.09 bits per heavy atom. The van der Waals surface area contributed by atoms with Gasteiger partial charge < -0.3 is 46.6 Å². The summed E-state index contributed by atoms with van der Waals surface area (Å²) >= 11 is 0. The minimum atomic E-state index is -1.61. The quantitative estimate of drug-likeness (QED) is 0.0522. The van der Waals surface area contributed by atoms with Gasteiger partial charge in [0.25, 0.3) is 17.7 Å². The molecule has 1 aliphatic carbocycles. The average molecular weight is 741 g/mol. The predicted molar refractivity (Wildman–Crippen MR) is 189 cm³/mol. The lowest BCUT2D eigenvalue weighted by molar-refractivity contribution is -0.151. The third kappa shape index (κ3) is 11.0. The Bertz CT molecular complexity index is 1550. The number of unbranched alkanes of at least 4 members (excludes halogenated alkanes) is 2. The number of ether oxygens (including phenoxy) is 1. The molecule has 7 N–H and O–H groups in total. The van der Waals surface area contributed by atoms with Crippen LogP contribution in [0.3, 0.4) is 0 Å². The molecule has 0 bridgehead atoms. The maximum Gasteiger partial charge on any atom is 0.506 e. The van der Waals surface area contributed by atoms with Crippen LogP contribution in [0.2, 0.25) is 0 Å². The number of carbonyl (C=O) groups is 8. The zero-order valence-electron chi connectivity index (χ0n) is 29.8. The number of benzene rings is 1. The highest BCUT2D eigenvalue weighted by atomic mass is 16.7. The molecule has 53 heavy (non-hydrogen) atoms. The smallest absolute Gasteiger partial charge is 0.450 e. The van der Waals surface area contributed by atoms with Crippen molar-refractivity contribution in [2.75, 3.05) is 58.2 Å². The molecular weight excluding hydrogens is 692 g/mol. The number of anilines is 1. The SMILES string of the molecule is CN1CCN(C(=O)C(OC(=O)O)c2ccc(NC(=O)[C@H](CCCNC(N)=O)NC(=O)C3(C(=O)NCCCCCN4C(=O)C=CC4=O)CCC3)cc2)CC1. The number of amides is 8. The van der Waals surface area contributed by atoms with Crippen LogP contribution in [-0.2, 0) is 33.5 Å². The van der Waals surface area contributed by atoms with Gasteiger partial charge in [0.1, 0.15) is 11.5 Å². The molecular formula is C35H48N8O10. The zero-order valence-corrected chi connectivity index (χ0v) is 29.8. The fraction of sp³-hybridized carbons (Fsp3) is 0.543. The summed E-state index contributed by atoms with van der Waals surface area (Å²) in [6, 6.07) is 4.06. The molecule has 2 fully saturated rings. The monoisotopic (exact) mass is 740 g/mol. The molecule has 2 atom stereocenters. The third-order valence-corrected chi connectivity index (χ3v) is 9.65. The summed E-state index contributed by atoms with van der Waals surface area (Å²) in [6.45, 7) is 2.80. The minimum absolute atomic E-state index is 0.0965. The van der Waals surface area contributed by atoms with Crippen LogP contribution in [0.25, 0.3) is 0 Å². The van der Waals surface area contributed by atoms with E-state index in [2.05, 4.69) is 26.2 Å². The normalized spacial score (nSPS) is 17.7. The molecule has 2 aliphatic heterocycles. The first-order valence-corrected chi connectivity index (χ1v) is 17.7. The summed E-state index contributed by atoms with van der Waals surface area (Å²) in [5.74, 6) is -2.84. The number of urea groups is 1. The Morgan fingerprint density at radius 1 is 0.868 bits per heavy atom. The average Bonchev–Trinajstić information content (AvgIpc) is 3.42. The van der Waals surface area contributed by atoms with Gasteiger partial charge in [-0.25, -0.2) is 9.59 Å². The Balaban J connectivity index is 1.35. The number of nitrogens with two attached hydrogens (primary N) is 1. The number of imide groups is 1. The number of nitrogens with zero attached hydrogens (tertiary/aromatic N) is 3. The molecule has 0 spiro atoms. The molecule has 4 rings (SSSR count). The summed E-state index contributed by atoms with van der Waals surface area (Å²) in [6.07, 6.45) is 2.81. The van der Waals surface area contributed by atoms with Gasteiger partial charge in [-0.1, -0.05) is 18.6 Å². The van der Waals surface area contributed by atoms with Crippen molar-refractivity contribution >= 4 is 53.3 Å². The first-order valence-electron chi connectivity index (χ1n) is 17.7. The van der Waals surface area contributed by atoms with Crippen LogP contribution in [0, 0.1) is 5.41 Å². The lowest BCUT2D eigenvalue weighted by atomic mass is 9.67. The lowest BCUT2D eigenvalue weighted by Crippen LogP contribution is -2.58. The first-order chi connectivity index (χ1) is 25.3. The molecule has 8 amide bonds. The van der Waals surface area contributed by atoms with Crippen molar-refractivity contribution in [1.82, 2.24) is 30.7 Å². The van der Waals surface area contributed by atoms with E-state index in [0.717, 1.165) is 4.90 Å². The highest BCUT2D eigenvalue weighted by molar-refractivity contribution is 6.12. The summed E-state index contributed by atoms with van der Waals surface area (Å²) in [7, 11) is 1.92. The van der Waals surface area contributed by atoms with Crippen molar-refractivity contribution in [2.24, 2.45) is 11.1 Å². The fourth-order valence-electron chi connectivity index (χ4n) is 6.29. The van der Waals surface area contributed by atoms with E-state index in [1.165, 1.54) is 36.4 Å². The second kappa shape index (κ2) is 18.8. The van der Waals surface area contributed by atoms with E-state index in [1.54, 1.807) is 4.90 Å². The Hall–Kier alpha value is -5.52. The molecule has 1 aromatic rings. The van der Waals surface area contributed by atoms with Crippen molar-refractivity contribution in [1.29, 1.82) is 0 Å². The molecule has 1 aromatic carbocycles. The standard InChI is InChI=1S/C35H48N8O10/c1-41-19-21-42(22-20-41)30(47)28(53-34(51)52)23-8-10-24(11-9-23)39-29(46)25(7-5-17-38-33(36)50)40-32(49)35(14-6-15-35)31(48)37-16-3-2-4-18-43-26(44)12-13-27(43)45/h8-13,25,28H,2-7,14-22H2,1H3,(H,37,48)(H,39,46)(H,40,49)(H,51,52)(H3,36,38,50)/t25-,28?/m0/s1. The van der Waals surface area contributed by atoms with Gasteiger partial charge in [-0.2, -0.15) is 0 Å². The number of likely N-dealkylation sites (N-methyl/N-ethyl adjacent to an activating group) is 1. The Kier molecular flexibility index (Phi) is 14.3.